The lowest BCUT2D eigenvalue weighted by molar-refractivity contribution is -0.124. The first kappa shape index (κ1) is 25.9. The number of carbonyl (C=O) groups is 2. The first-order valence-electron chi connectivity index (χ1n) is 11.1. The number of hydroxylamine groups is 1. The Bertz CT molecular complexity index is 1050. The van der Waals surface area contributed by atoms with E-state index in [1.54, 1.807) is 48.0 Å². The molecule has 2 amide bonds. The Morgan fingerprint density at radius 3 is 2.74 bits per heavy atom. The lowest BCUT2D eigenvalue weighted by Gasteiger charge is -2.34. The Kier molecular flexibility index (Phi) is 8.93. The van der Waals surface area contributed by atoms with Gasteiger partial charge in [-0.2, -0.15) is 0 Å². The maximum Gasteiger partial charge on any atom is 0.412 e. The molecule has 0 unspecified atom stereocenters. The number of amides is 2. The number of carbonyl (C=O) groups excluding carboxylic acids is 2. The van der Waals surface area contributed by atoms with Gasteiger partial charge in [-0.15, -0.1) is 0 Å². The quantitative estimate of drug-likeness (QED) is 0.213. The van der Waals surface area contributed by atoms with Gasteiger partial charge >= 0.3 is 6.09 Å². The minimum atomic E-state index is -0.672. The van der Waals surface area contributed by atoms with E-state index in [-0.39, 0.29) is 20.0 Å². The zero-order valence-electron chi connectivity index (χ0n) is 19.7. The van der Waals surface area contributed by atoms with Crippen molar-refractivity contribution in [1.29, 1.82) is 0 Å². The Morgan fingerprint density at radius 2 is 1.97 bits per heavy atom. The number of aliphatic hydroxyl groups is 1. The van der Waals surface area contributed by atoms with E-state index in [4.69, 9.17) is 29.3 Å². The molecule has 0 spiro atoms. The Labute approximate surface area is 203 Å². The molecule has 0 radical (unpaired) electrons. The number of hydrogen-bond donors (Lipinski definition) is 4. The maximum absolute atomic E-state index is 12.9. The van der Waals surface area contributed by atoms with Crippen LogP contribution in [0.15, 0.2) is 54.6 Å². The number of anilines is 1. The zero-order chi connectivity index (χ0) is 25.3. The van der Waals surface area contributed by atoms with Gasteiger partial charge in [-0.25, -0.2) is 10.3 Å². The van der Waals surface area contributed by atoms with E-state index in [2.05, 4.69) is 5.32 Å². The first-order chi connectivity index (χ1) is 16.8. The van der Waals surface area contributed by atoms with Crippen molar-refractivity contribution in [1.82, 2.24) is 5.48 Å². The molecule has 10 nitrogen and oxygen atoms in total. The standard InChI is InChI=1S/C25H30N2O8/c1-25(2,11-4-3-8-22(29)27-31)23(17-6-5-7-19(14-17)32-13-12-28)35-24(30)26-18-9-10-20-21(15-18)34-16-33-20/h3,5-10,14-15,23,28,31H,4,11-13,16H2,1-2H3,(H,26,30)(H,27,29)/b8-3+/t23-/m0/s1. The fraction of sp³-hybridized carbons (Fsp3) is 0.360. The van der Waals surface area contributed by atoms with Gasteiger partial charge in [0.1, 0.15) is 18.5 Å². The van der Waals surface area contributed by atoms with Gasteiger partial charge in [0.2, 0.25) is 6.79 Å². The fourth-order valence-electron chi connectivity index (χ4n) is 3.65. The summed E-state index contributed by atoms with van der Waals surface area (Å²) in [6.45, 7) is 4.05. The van der Waals surface area contributed by atoms with E-state index in [1.807, 2.05) is 19.9 Å². The predicted octanol–water partition coefficient (Wildman–Crippen LogP) is 3.94. The molecule has 2 aromatic carbocycles. The fourth-order valence-corrected chi connectivity index (χ4v) is 3.65. The molecule has 1 atom stereocenters. The van der Waals surface area contributed by atoms with Crippen molar-refractivity contribution in [3.63, 3.8) is 0 Å². The molecule has 1 aliphatic heterocycles. The van der Waals surface area contributed by atoms with Crippen molar-refractivity contribution in [2.24, 2.45) is 5.41 Å². The molecule has 2 aromatic rings. The summed E-state index contributed by atoms with van der Waals surface area (Å²) in [6.07, 6.45) is 2.61. The van der Waals surface area contributed by atoms with Gasteiger partial charge in [0, 0.05) is 23.2 Å². The van der Waals surface area contributed by atoms with Crippen molar-refractivity contribution in [3.05, 3.63) is 60.2 Å². The van der Waals surface area contributed by atoms with Crippen LogP contribution in [0.25, 0.3) is 0 Å². The Hall–Kier alpha value is -3.76. The van der Waals surface area contributed by atoms with Crippen LogP contribution in [0.5, 0.6) is 17.2 Å². The normalized spacial score (nSPS) is 13.4. The van der Waals surface area contributed by atoms with Crippen LogP contribution in [0.2, 0.25) is 0 Å². The summed E-state index contributed by atoms with van der Waals surface area (Å²) in [7, 11) is 0. The van der Waals surface area contributed by atoms with Crippen LogP contribution in [0.3, 0.4) is 0 Å². The second kappa shape index (κ2) is 12.1. The Balaban J connectivity index is 1.78. The highest BCUT2D eigenvalue weighted by Crippen LogP contribution is 2.42. The molecule has 3 rings (SSSR count). The number of benzene rings is 2. The van der Waals surface area contributed by atoms with E-state index in [1.165, 1.54) is 6.08 Å². The molecular formula is C25H30N2O8. The lowest BCUT2D eigenvalue weighted by atomic mass is 9.78. The van der Waals surface area contributed by atoms with Crippen molar-refractivity contribution in [2.75, 3.05) is 25.3 Å². The number of rotatable bonds is 11. The topological polar surface area (TPSA) is 136 Å². The summed E-state index contributed by atoms with van der Waals surface area (Å²) >= 11 is 0. The number of hydrogen-bond acceptors (Lipinski definition) is 8. The van der Waals surface area contributed by atoms with Gasteiger partial charge in [0.15, 0.2) is 11.5 Å². The molecule has 1 heterocycles. The van der Waals surface area contributed by atoms with Crippen LogP contribution < -0.4 is 25.0 Å². The highest BCUT2D eigenvalue weighted by Gasteiger charge is 2.34. The van der Waals surface area contributed by atoms with Gasteiger partial charge < -0.3 is 24.1 Å². The van der Waals surface area contributed by atoms with Crippen LogP contribution in [-0.4, -0.2) is 42.3 Å². The number of fused-ring (bicyclic) bond motifs is 1. The Morgan fingerprint density at radius 1 is 1.17 bits per heavy atom. The molecule has 35 heavy (non-hydrogen) atoms. The van der Waals surface area contributed by atoms with Crippen LogP contribution in [-0.2, 0) is 9.53 Å². The van der Waals surface area contributed by atoms with E-state index >= 15 is 0 Å². The van der Waals surface area contributed by atoms with Crippen LogP contribution in [0, 0.1) is 5.41 Å². The van der Waals surface area contributed by atoms with Gasteiger partial charge in [-0.05, 0) is 42.7 Å². The third kappa shape index (κ3) is 7.36. The first-order valence-corrected chi connectivity index (χ1v) is 11.1. The van der Waals surface area contributed by atoms with Crippen molar-refractivity contribution in [2.45, 2.75) is 32.8 Å². The van der Waals surface area contributed by atoms with Gasteiger partial charge in [0.05, 0.1) is 6.61 Å². The number of ether oxygens (including phenoxy) is 4. The third-order valence-electron chi connectivity index (χ3n) is 5.41. The smallest absolute Gasteiger partial charge is 0.412 e. The lowest BCUT2D eigenvalue weighted by Crippen LogP contribution is -2.29. The molecule has 0 saturated carbocycles. The number of allylic oxidation sites excluding steroid dienone is 1. The second-order valence-corrected chi connectivity index (χ2v) is 8.53. The van der Waals surface area contributed by atoms with Gasteiger partial charge in [-0.3, -0.25) is 15.3 Å². The molecule has 0 aliphatic carbocycles. The molecule has 10 heteroatoms. The summed E-state index contributed by atoms with van der Waals surface area (Å²) in [6, 6.07) is 12.2. The largest absolute Gasteiger partial charge is 0.491 e. The molecule has 0 bridgehead atoms. The summed E-state index contributed by atoms with van der Waals surface area (Å²) in [5.74, 6) is 1.06. The van der Waals surface area contributed by atoms with E-state index in [0.717, 1.165) is 0 Å². The van der Waals surface area contributed by atoms with Crippen LogP contribution in [0.4, 0.5) is 10.5 Å². The predicted molar refractivity (Wildman–Crippen MR) is 127 cm³/mol. The zero-order valence-corrected chi connectivity index (χ0v) is 19.7. The van der Waals surface area contributed by atoms with E-state index < -0.39 is 23.5 Å². The molecule has 0 aromatic heterocycles. The SMILES string of the molecule is CC(C)(CC/C=C/C(=O)NO)[C@@H](OC(=O)Nc1ccc2c(c1)OCO2)c1cccc(OCCO)c1. The van der Waals surface area contributed by atoms with E-state index in [9.17, 15) is 9.59 Å². The molecular weight excluding hydrogens is 456 g/mol. The summed E-state index contributed by atoms with van der Waals surface area (Å²) in [5, 5.41) is 20.4. The molecule has 0 fully saturated rings. The average Bonchev–Trinajstić information content (AvgIpc) is 3.31. The molecule has 1 aliphatic rings. The number of nitrogens with one attached hydrogen (secondary N) is 2. The number of aliphatic hydroxyl groups excluding tert-OH is 1. The molecule has 188 valence electrons. The van der Waals surface area contributed by atoms with Gasteiger partial charge in [0.25, 0.3) is 5.91 Å². The average molecular weight is 487 g/mol. The van der Waals surface area contributed by atoms with Crippen molar-refractivity contribution < 1.29 is 38.9 Å². The summed E-state index contributed by atoms with van der Waals surface area (Å²) < 4.78 is 22.1. The third-order valence-corrected chi connectivity index (χ3v) is 5.41. The van der Waals surface area contributed by atoms with E-state index in [0.29, 0.717) is 41.3 Å². The molecule has 4 N–H and O–H groups in total. The van der Waals surface area contributed by atoms with Crippen molar-refractivity contribution in [3.8, 4) is 17.2 Å². The summed E-state index contributed by atoms with van der Waals surface area (Å²) in [4.78, 5) is 24.1. The monoisotopic (exact) mass is 486 g/mol. The van der Waals surface area contributed by atoms with Crippen LogP contribution in [0.1, 0.15) is 38.4 Å². The van der Waals surface area contributed by atoms with Crippen molar-refractivity contribution >= 4 is 17.7 Å². The minimum absolute atomic E-state index is 0.124. The highest BCUT2D eigenvalue weighted by molar-refractivity contribution is 5.86. The second-order valence-electron chi connectivity index (χ2n) is 8.53. The summed E-state index contributed by atoms with van der Waals surface area (Å²) in [5.41, 5.74) is 2.20. The minimum Gasteiger partial charge on any atom is -0.491 e. The maximum atomic E-state index is 12.9. The van der Waals surface area contributed by atoms with Crippen LogP contribution >= 0.6 is 0 Å². The molecule has 0 saturated heterocycles. The highest BCUT2D eigenvalue weighted by atomic mass is 16.7. The van der Waals surface area contributed by atoms with Gasteiger partial charge in [-0.1, -0.05) is 32.1 Å².